The Morgan fingerprint density at radius 3 is 1.60 bits per heavy atom. The highest BCUT2D eigenvalue weighted by Gasteiger charge is 2.41. The zero-order valence-electron chi connectivity index (χ0n) is 49.4. The normalized spacial score (nSPS) is 20.2. The van der Waals surface area contributed by atoms with Crippen LogP contribution in [0.25, 0.3) is 43.6 Å². The summed E-state index contributed by atoms with van der Waals surface area (Å²) in [4.78, 5) is 26.6. The van der Waals surface area contributed by atoms with E-state index in [2.05, 4.69) is 15.0 Å². The highest BCUT2D eigenvalue weighted by molar-refractivity contribution is 7.62. The summed E-state index contributed by atoms with van der Waals surface area (Å²) in [5, 5.41) is 4.13. The van der Waals surface area contributed by atoms with E-state index in [9.17, 15) is 23.1 Å². The van der Waals surface area contributed by atoms with Gasteiger partial charge in [-0.15, -0.1) is 0 Å². The minimum Gasteiger partial charge on any atom is -0.466 e. The zero-order valence-corrected chi connectivity index (χ0v) is 54.5. The van der Waals surface area contributed by atoms with Gasteiger partial charge < -0.3 is 27.4 Å². The molecule has 8 aromatic rings. The highest BCUT2D eigenvalue weighted by Crippen LogP contribution is 2.59. The van der Waals surface area contributed by atoms with E-state index in [-0.39, 0.29) is 24.9 Å². The average Bonchev–Trinajstić information content (AvgIpc) is 1.61. The molecule has 4 aromatic carbocycles. The number of halogens is 2. The number of aromatic nitrogens is 4. The second-order valence-corrected chi connectivity index (χ2v) is 32.6. The molecule has 2 unspecified atom stereocenters. The second kappa shape index (κ2) is 25.0. The van der Waals surface area contributed by atoms with Crippen LogP contribution in [-0.4, -0.2) is 61.9 Å². The summed E-state index contributed by atoms with van der Waals surface area (Å²) in [5.41, 5.74) is 0.433. The van der Waals surface area contributed by atoms with Crippen molar-refractivity contribution in [3.05, 3.63) is 153 Å². The number of pyridine rings is 4. The van der Waals surface area contributed by atoms with Crippen LogP contribution in [0.3, 0.4) is 0 Å². The molecule has 4 aromatic heterocycles. The molecule has 19 nitrogen and oxygen atoms in total. The van der Waals surface area contributed by atoms with Gasteiger partial charge in [0.25, 0.3) is 0 Å². The molecular weight excluding hydrogens is 1210 g/mol. The maximum Gasteiger partial charge on any atom is 0.478 e. The van der Waals surface area contributed by atoms with Crippen molar-refractivity contribution >= 4 is 108 Å². The fraction of sp³-hybridized carbons (Fsp3) is 0.400. The van der Waals surface area contributed by atoms with Crippen molar-refractivity contribution in [1.82, 2.24) is 19.5 Å². The van der Waals surface area contributed by atoms with Crippen LogP contribution in [-0.2, 0) is 65.3 Å². The summed E-state index contributed by atoms with van der Waals surface area (Å²) in [6.07, 6.45) is 6.12. The highest BCUT2D eigenvalue weighted by atomic mass is 35.5. The summed E-state index contributed by atoms with van der Waals surface area (Å²) < 4.78 is 115. The number of hydrogen-bond donors (Lipinski definition) is 0. The first-order chi connectivity index (χ1) is 39.7. The van der Waals surface area contributed by atoms with Crippen LogP contribution < -0.4 is 20.8 Å². The molecule has 0 aliphatic carbocycles. The first kappa shape index (κ1) is 64.7. The quantitative estimate of drug-likeness (QED) is 0.0561. The Balaban J connectivity index is 0.000000204. The minimum atomic E-state index is -3.96. The maximum absolute atomic E-state index is 14.1. The van der Waals surface area contributed by atoms with E-state index in [1.807, 2.05) is 77.9 Å². The molecule has 2 fully saturated rings. The molecule has 0 amide bonds. The SMILES string of the molecule is CC(C)(C)OP(=O)(Cn1ccc(=O)c2ccc3cc(P4(=O)OCC[C@@H](c5cccc(Cl)c5)O4)cnc3c21)OC(C)(C)C.CC(C)(C)OP(=O)(OCOc1ccnc2c1ccc1cc(P3(=O)OCC[C@@H](c4cccc(Cl)c4)O3)cnc12)OC(C)(C)C. The molecule has 0 radical (unpaired) electrons. The molecule has 2 saturated heterocycles. The third kappa shape index (κ3) is 16.3. The molecule has 25 heteroatoms. The van der Waals surface area contributed by atoms with Crippen LogP contribution in [0.1, 0.15) is 119 Å². The molecule has 85 heavy (non-hydrogen) atoms. The summed E-state index contributed by atoms with van der Waals surface area (Å²) in [6.45, 7) is 21.5. The van der Waals surface area contributed by atoms with Crippen LogP contribution in [0.4, 0.5) is 0 Å². The molecule has 6 heterocycles. The number of phosphoric acid groups is 1. The van der Waals surface area contributed by atoms with Gasteiger partial charge in [-0.05, 0) is 149 Å². The van der Waals surface area contributed by atoms with Gasteiger partial charge in [0.1, 0.15) is 17.6 Å². The van der Waals surface area contributed by atoms with Gasteiger partial charge >= 0.3 is 30.6 Å². The number of benzene rings is 4. The molecule has 0 N–H and O–H groups in total. The lowest BCUT2D eigenvalue weighted by Gasteiger charge is -2.32. The lowest BCUT2D eigenvalue weighted by molar-refractivity contribution is -0.0187. The van der Waals surface area contributed by atoms with Crippen LogP contribution in [0, 0.1) is 0 Å². The van der Waals surface area contributed by atoms with Gasteiger partial charge in [0, 0.05) is 75.3 Å². The average molecular weight is 1280 g/mol. The fourth-order valence-corrected chi connectivity index (χ4v) is 17.5. The van der Waals surface area contributed by atoms with Crippen molar-refractivity contribution < 1.29 is 63.7 Å². The predicted octanol–water partition coefficient (Wildman–Crippen LogP) is 16.5. The van der Waals surface area contributed by atoms with Gasteiger partial charge in [0.05, 0.1) is 75.0 Å². The van der Waals surface area contributed by atoms with Crippen molar-refractivity contribution in [3.63, 3.8) is 0 Å². The monoisotopic (exact) mass is 1280 g/mol. The smallest absolute Gasteiger partial charge is 0.466 e. The third-order valence-corrected chi connectivity index (χ3v) is 21.1. The van der Waals surface area contributed by atoms with E-state index in [1.54, 1.807) is 113 Å². The Morgan fingerprint density at radius 1 is 0.600 bits per heavy atom. The molecule has 0 saturated carbocycles. The second-order valence-electron chi connectivity index (χ2n) is 24.4. The summed E-state index contributed by atoms with van der Waals surface area (Å²) in [7, 11) is -15.1. The summed E-state index contributed by atoms with van der Waals surface area (Å²) >= 11 is 12.3. The number of nitrogens with zero attached hydrogens (tertiary/aromatic N) is 4. The van der Waals surface area contributed by atoms with Crippen molar-refractivity contribution in [2.24, 2.45) is 0 Å². The summed E-state index contributed by atoms with van der Waals surface area (Å²) in [6, 6.07) is 28.1. The van der Waals surface area contributed by atoms with Crippen molar-refractivity contribution in [2.45, 2.75) is 137 Å². The van der Waals surface area contributed by atoms with E-state index < -0.39 is 72.0 Å². The predicted molar refractivity (Wildman–Crippen MR) is 332 cm³/mol. The molecule has 4 atom stereocenters. The van der Waals surface area contributed by atoms with E-state index in [1.165, 1.54) is 18.5 Å². The Bertz CT molecular complexity index is 4030. The fourth-order valence-electron chi connectivity index (χ4n) is 9.50. The first-order valence-electron chi connectivity index (χ1n) is 27.4. The molecule has 0 bridgehead atoms. The number of rotatable bonds is 14. The number of hydrogen-bond acceptors (Lipinski definition) is 18. The number of ether oxygens (including phenoxy) is 1. The van der Waals surface area contributed by atoms with Crippen LogP contribution in [0.2, 0.25) is 10.0 Å². The molecule has 2 aliphatic heterocycles. The van der Waals surface area contributed by atoms with Gasteiger partial charge in [-0.25, -0.2) is 9.09 Å². The Morgan fingerprint density at radius 2 is 1.09 bits per heavy atom. The van der Waals surface area contributed by atoms with Crippen LogP contribution in [0.5, 0.6) is 5.75 Å². The minimum absolute atomic E-state index is 0.146. The Hall–Kier alpha value is -4.74. The van der Waals surface area contributed by atoms with Gasteiger partial charge in [-0.3, -0.25) is 51.5 Å². The molecule has 2 aliphatic rings. The van der Waals surface area contributed by atoms with Crippen molar-refractivity contribution in [1.29, 1.82) is 0 Å². The largest absolute Gasteiger partial charge is 0.478 e. The molecule has 0 spiro atoms. The lowest BCUT2D eigenvalue weighted by Crippen LogP contribution is -2.25. The third-order valence-electron chi connectivity index (χ3n) is 12.5. The van der Waals surface area contributed by atoms with Crippen molar-refractivity contribution in [3.8, 4) is 5.75 Å². The van der Waals surface area contributed by atoms with Crippen molar-refractivity contribution in [2.75, 3.05) is 20.0 Å². The van der Waals surface area contributed by atoms with Crippen LogP contribution in [0.15, 0.2) is 127 Å². The standard InChI is InChI=1S/C30H35ClN2O8P2.C30H35ClN2O7P2/c1-29(2,3)40-43(35,41-30(4,5)6)38-19-36-26-12-14-32-28-24(26)11-10-21-17-23(18-33-27(21)28)42(34)37-15-13-25(39-42)20-8-7-9-22(31)16-20;1-29(2,3)39-41(35,40-30(4,5)6)19-33-14-12-25(34)24-11-10-21-17-23(18-32-27(21)28(24)33)42(36)37-15-13-26(38-42)20-8-7-9-22(31)16-20/h7-12,14,16-18,25H,13,15,19H2,1-6H3;7-12,14,16-18,26H,13,15,19H2,1-6H3/t25-,42?;26-,42?/m00/s1. The van der Waals surface area contributed by atoms with Gasteiger partial charge in [0.2, 0.25) is 0 Å². The van der Waals surface area contributed by atoms with Gasteiger partial charge in [0.15, 0.2) is 12.2 Å². The summed E-state index contributed by atoms with van der Waals surface area (Å²) in [5.74, 6) is 0.437. The van der Waals surface area contributed by atoms with E-state index in [0.29, 0.717) is 82.9 Å². The lowest BCUT2D eigenvalue weighted by atomic mass is 10.1. The van der Waals surface area contributed by atoms with E-state index >= 15 is 0 Å². The Kier molecular flexibility index (Phi) is 19.1. The Labute approximate surface area is 504 Å². The number of phosphoric ester groups is 1. The first-order valence-corrected chi connectivity index (χ1v) is 34.5. The van der Waals surface area contributed by atoms with E-state index in [0.717, 1.165) is 11.1 Å². The van der Waals surface area contributed by atoms with Gasteiger partial charge in [-0.2, -0.15) is 0 Å². The topological polar surface area (TPSA) is 221 Å². The molecule has 454 valence electrons. The van der Waals surface area contributed by atoms with Gasteiger partial charge in [-0.1, -0.05) is 59.6 Å². The number of fused-ring (bicyclic) bond motifs is 6. The van der Waals surface area contributed by atoms with Crippen LogP contribution >= 0.6 is 53.8 Å². The maximum atomic E-state index is 14.1. The van der Waals surface area contributed by atoms with E-state index in [4.69, 9.17) is 68.7 Å². The molecular formula is C60H70Cl2N4O15P4. The zero-order chi connectivity index (χ0) is 61.5. The molecule has 10 rings (SSSR count).